The van der Waals surface area contributed by atoms with Crippen LogP contribution >= 0.6 is 0 Å². The Morgan fingerprint density at radius 2 is 2.16 bits per heavy atom. The number of ether oxygens (including phenoxy) is 2. The van der Waals surface area contributed by atoms with Crippen molar-refractivity contribution >= 4 is 0 Å². The van der Waals surface area contributed by atoms with Gasteiger partial charge in [-0.1, -0.05) is 12.1 Å². The Morgan fingerprint density at radius 3 is 2.79 bits per heavy atom. The van der Waals surface area contributed by atoms with Gasteiger partial charge in [-0.05, 0) is 36.8 Å². The number of rotatable bonds is 8. The summed E-state index contributed by atoms with van der Waals surface area (Å²) in [6, 6.07) is 5.92. The van der Waals surface area contributed by atoms with Gasteiger partial charge in [-0.25, -0.2) is 0 Å². The minimum absolute atomic E-state index is 0.178. The maximum absolute atomic E-state index is 6.01. The van der Waals surface area contributed by atoms with Crippen LogP contribution in [0.25, 0.3) is 0 Å². The maximum Gasteiger partial charge on any atom is 0.123 e. The van der Waals surface area contributed by atoms with Crippen LogP contribution in [0.2, 0.25) is 0 Å². The molecule has 1 saturated carbocycles. The lowest BCUT2D eigenvalue weighted by Gasteiger charge is -2.15. The van der Waals surface area contributed by atoms with E-state index in [0.717, 1.165) is 36.9 Å². The van der Waals surface area contributed by atoms with Gasteiger partial charge in [0.2, 0.25) is 0 Å². The molecule has 1 aromatic rings. The summed E-state index contributed by atoms with van der Waals surface area (Å²) < 4.78 is 11.0. The van der Waals surface area contributed by atoms with E-state index in [0.29, 0.717) is 6.54 Å². The third-order valence-electron chi connectivity index (χ3n) is 3.53. The monoisotopic (exact) mass is 264 g/mol. The van der Waals surface area contributed by atoms with Crippen molar-refractivity contribution in [3.05, 3.63) is 29.3 Å². The van der Waals surface area contributed by atoms with Gasteiger partial charge in [0, 0.05) is 24.8 Å². The second-order valence-corrected chi connectivity index (χ2v) is 5.19. The average molecular weight is 264 g/mol. The number of benzene rings is 1. The fourth-order valence-electron chi connectivity index (χ4n) is 2.08. The lowest BCUT2D eigenvalue weighted by atomic mass is 10.0. The van der Waals surface area contributed by atoms with Crippen LogP contribution in [0.1, 0.15) is 30.0 Å². The molecular formula is C15H24N2O2. The van der Waals surface area contributed by atoms with Crippen molar-refractivity contribution in [2.24, 2.45) is 17.4 Å². The Labute approximate surface area is 115 Å². The summed E-state index contributed by atoms with van der Waals surface area (Å²) in [6.07, 6.45) is 3.57. The highest BCUT2D eigenvalue weighted by Crippen LogP contribution is 2.29. The van der Waals surface area contributed by atoms with Crippen LogP contribution in [0, 0.1) is 5.92 Å². The quantitative estimate of drug-likeness (QED) is 0.700. The largest absolute Gasteiger partial charge is 0.496 e. The predicted octanol–water partition coefficient (Wildman–Crippen LogP) is 1.62. The summed E-state index contributed by atoms with van der Waals surface area (Å²) in [4.78, 5) is 0. The molecule has 0 aliphatic heterocycles. The Balaban J connectivity index is 1.91. The topological polar surface area (TPSA) is 70.5 Å². The molecule has 106 valence electrons. The molecule has 1 atom stereocenters. The Kier molecular flexibility index (Phi) is 5.19. The van der Waals surface area contributed by atoms with Crippen molar-refractivity contribution in [1.29, 1.82) is 0 Å². The highest BCUT2D eigenvalue weighted by molar-refractivity contribution is 5.39. The van der Waals surface area contributed by atoms with E-state index in [1.807, 2.05) is 6.07 Å². The molecule has 1 aliphatic rings. The van der Waals surface area contributed by atoms with Crippen molar-refractivity contribution in [2.75, 3.05) is 26.9 Å². The molecule has 0 aromatic heterocycles. The first kappa shape index (κ1) is 14.3. The molecule has 1 aliphatic carbocycles. The van der Waals surface area contributed by atoms with Gasteiger partial charge in [0.1, 0.15) is 5.75 Å². The molecule has 4 nitrogen and oxygen atoms in total. The summed E-state index contributed by atoms with van der Waals surface area (Å²) in [6.45, 7) is 2.09. The number of hydrogen-bond donors (Lipinski definition) is 2. The van der Waals surface area contributed by atoms with Gasteiger partial charge < -0.3 is 20.9 Å². The van der Waals surface area contributed by atoms with E-state index >= 15 is 0 Å². The lowest BCUT2D eigenvalue weighted by molar-refractivity contribution is 0.127. The van der Waals surface area contributed by atoms with E-state index in [2.05, 4.69) is 12.1 Å². The third kappa shape index (κ3) is 4.20. The highest BCUT2D eigenvalue weighted by Gasteiger charge is 2.20. The molecule has 4 N–H and O–H groups in total. The molecule has 1 unspecified atom stereocenters. The summed E-state index contributed by atoms with van der Waals surface area (Å²) in [5.74, 6) is 1.62. The van der Waals surface area contributed by atoms with Crippen molar-refractivity contribution in [3.8, 4) is 5.75 Å². The van der Waals surface area contributed by atoms with Crippen LogP contribution in [0.3, 0.4) is 0 Å². The third-order valence-corrected chi connectivity index (χ3v) is 3.53. The molecule has 0 radical (unpaired) electrons. The standard InChI is InChI=1S/C15H24N2O2/c1-18-15-5-4-11(8-13(15)14(17)9-16)6-7-19-10-12-2-3-12/h4-5,8,12,14H,2-3,6-7,9-10,16-17H2,1H3. The van der Waals surface area contributed by atoms with Gasteiger partial charge in [0.25, 0.3) is 0 Å². The predicted molar refractivity (Wildman–Crippen MR) is 76.2 cm³/mol. The SMILES string of the molecule is COc1ccc(CCOCC2CC2)cc1C(N)CN. The molecule has 4 heteroatoms. The average Bonchev–Trinajstić information content (AvgIpc) is 3.26. The van der Waals surface area contributed by atoms with Crippen LogP contribution in [-0.4, -0.2) is 26.9 Å². The number of methoxy groups -OCH3 is 1. The minimum atomic E-state index is -0.178. The zero-order valence-corrected chi connectivity index (χ0v) is 11.6. The van der Waals surface area contributed by atoms with Crippen LogP contribution in [-0.2, 0) is 11.2 Å². The maximum atomic E-state index is 6.01. The van der Waals surface area contributed by atoms with Gasteiger partial charge in [-0.2, -0.15) is 0 Å². The van der Waals surface area contributed by atoms with E-state index in [9.17, 15) is 0 Å². The van der Waals surface area contributed by atoms with E-state index in [1.165, 1.54) is 18.4 Å². The molecular weight excluding hydrogens is 240 g/mol. The Bertz CT molecular complexity index is 405. The van der Waals surface area contributed by atoms with Crippen molar-refractivity contribution in [1.82, 2.24) is 0 Å². The second kappa shape index (κ2) is 6.89. The number of hydrogen-bond acceptors (Lipinski definition) is 4. The molecule has 1 aromatic carbocycles. The molecule has 0 spiro atoms. The van der Waals surface area contributed by atoms with Gasteiger partial charge in [0.05, 0.1) is 13.7 Å². The molecule has 0 heterocycles. The van der Waals surface area contributed by atoms with Gasteiger partial charge >= 0.3 is 0 Å². The molecule has 2 rings (SSSR count). The molecule has 0 bridgehead atoms. The van der Waals surface area contributed by atoms with Crippen molar-refractivity contribution < 1.29 is 9.47 Å². The minimum Gasteiger partial charge on any atom is -0.496 e. The van der Waals surface area contributed by atoms with Gasteiger partial charge in [0.15, 0.2) is 0 Å². The van der Waals surface area contributed by atoms with E-state index < -0.39 is 0 Å². The van der Waals surface area contributed by atoms with Crippen LogP contribution in [0.5, 0.6) is 5.75 Å². The first-order chi connectivity index (χ1) is 9.24. The van der Waals surface area contributed by atoms with Gasteiger partial charge in [-0.3, -0.25) is 0 Å². The van der Waals surface area contributed by atoms with Crippen molar-refractivity contribution in [3.63, 3.8) is 0 Å². The fraction of sp³-hybridized carbons (Fsp3) is 0.600. The summed E-state index contributed by atoms with van der Waals surface area (Å²) in [7, 11) is 1.65. The molecule has 0 saturated heterocycles. The summed E-state index contributed by atoms with van der Waals surface area (Å²) in [5.41, 5.74) is 13.8. The highest BCUT2D eigenvalue weighted by atomic mass is 16.5. The van der Waals surface area contributed by atoms with Gasteiger partial charge in [-0.15, -0.1) is 0 Å². The fourth-order valence-corrected chi connectivity index (χ4v) is 2.08. The van der Waals surface area contributed by atoms with E-state index in [4.69, 9.17) is 20.9 Å². The van der Waals surface area contributed by atoms with Crippen molar-refractivity contribution in [2.45, 2.75) is 25.3 Å². The second-order valence-electron chi connectivity index (χ2n) is 5.19. The molecule has 19 heavy (non-hydrogen) atoms. The smallest absolute Gasteiger partial charge is 0.123 e. The lowest BCUT2D eigenvalue weighted by Crippen LogP contribution is -2.21. The zero-order chi connectivity index (χ0) is 13.7. The number of nitrogens with two attached hydrogens (primary N) is 2. The first-order valence-corrected chi connectivity index (χ1v) is 6.94. The normalized spacial score (nSPS) is 16.4. The Morgan fingerprint density at radius 1 is 1.37 bits per heavy atom. The Hall–Kier alpha value is -1.10. The first-order valence-electron chi connectivity index (χ1n) is 6.94. The zero-order valence-electron chi connectivity index (χ0n) is 11.6. The van der Waals surface area contributed by atoms with Crippen LogP contribution < -0.4 is 16.2 Å². The molecule has 1 fully saturated rings. The van der Waals surface area contributed by atoms with E-state index in [-0.39, 0.29) is 6.04 Å². The van der Waals surface area contributed by atoms with E-state index in [1.54, 1.807) is 7.11 Å². The van der Waals surface area contributed by atoms with Crippen LogP contribution in [0.4, 0.5) is 0 Å². The molecule has 0 amide bonds. The van der Waals surface area contributed by atoms with Crippen LogP contribution in [0.15, 0.2) is 18.2 Å². The summed E-state index contributed by atoms with van der Waals surface area (Å²) in [5, 5.41) is 0. The summed E-state index contributed by atoms with van der Waals surface area (Å²) >= 11 is 0.